The third-order valence-corrected chi connectivity index (χ3v) is 18.7. The lowest BCUT2D eigenvalue weighted by Gasteiger charge is -2.20. The Hall–Kier alpha value is -1.92. The number of hydrogen-bond acceptors (Lipinski definition) is 5. The Bertz CT molecular complexity index is 1410. The van der Waals surface area contributed by atoms with E-state index in [9.17, 15) is 19.8 Å². The summed E-state index contributed by atoms with van der Waals surface area (Å²) in [6.07, 6.45) is 99.7. The van der Waals surface area contributed by atoms with Gasteiger partial charge >= 0.3 is 5.97 Å². The number of ether oxygens (including phenoxy) is 1. The van der Waals surface area contributed by atoms with E-state index in [1.165, 1.54) is 372 Å². The fourth-order valence-electron chi connectivity index (χ4n) is 12.6. The van der Waals surface area contributed by atoms with Gasteiger partial charge in [0.2, 0.25) is 5.91 Å². The van der Waals surface area contributed by atoms with Crippen LogP contribution in [0.3, 0.4) is 0 Å². The zero-order valence-electron chi connectivity index (χ0n) is 59.0. The number of hydrogen-bond donors (Lipinski definition) is 3. The molecule has 2 unspecified atom stereocenters. The van der Waals surface area contributed by atoms with Gasteiger partial charge in [0.1, 0.15) is 0 Å². The van der Waals surface area contributed by atoms with Crippen LogP contribution in [0.15, 0.2) is 36.5 Å². The van der Waals surface area contributed by atoms with Crippen molar-refractivity contribution >= 4 is 11.9 Å². The van der Waals surface area contributed by atoms with Gasteiger partial charge in [0, 0.05) is 12.8 Å². The number of rotatable bonds is 75. The van der Waals surface area contributed by atoms with Gasteiger partial charge < -0.3 is 20.3 Å². The molecule has 0 aliphatic heterocycles. The first-order valence-corrected chi connectivity index (χ1v) is 39.8. The van der Waals surface area contributed by atoms with E-state index in [4.69, 9.17) is 4.74 Å². The Kier molecular flexibility index (Phi) is 74.8. The first-order valence-electron chi connectivity index (χ1n) is 39.8. The van der Waals surface area contributed by atoms with Crippen LogP contribution in [-0.4, -0.2) is 47.4 Å². The highest BCUT2D eigenvalue weighted by Crippen LogP contribution is 2.20. The lowest BCUT2D eigenvalue weighted by molar-refractivity contribution is -0.143. The number of carbonyl (C=O) groups is 2. The van der Waals surface area contributed by atoms with E-state index in [1.807, 2.05) is 6.08 Å². The molecular weight excluding hydrogens is 1070 g/mol. The van der Waals surface area contributed by atoms with Crippen LogP contribution in [0.5, 0.6) is 0 Å². The number of esters is 1. The van der Waals surface area contributed by atoms with Gasteiger partial charge in [0.25, 0.3) is 0 Å². The van der Waals surface area contributed by atoms with Gasteiger partial charge in [-0.15, -0.1) is 0 Å². The molecule has 0 spiro atoms. The first-order chi connectivity index (χ1) is 43.0. The summed E-state index contributed by atoms with van der Waals surface area (Å²) in [5.74, 6) is -0.0507. The highest BCUT2D eigenvalue weighted by molar-refractivity contribution is 5.76. The molecule has 0 aromatic carbocycles. The van der Waals surface area contributed by atoms with Gasteiger partial charge in [-0.3, -0.25) is 9.59 Å². The van der Waals surface area contributed by atoms with Crippen molar-refractivity contribution in [2.45, 2.75) is 456 Å². The molecule has 0 radical (unpaired) electrons. The van der Waals surface area contributed by atoms with Gasteiger partial charge in [-0.25, -0.2) is 0 Å². The summed E-state index contributed by atoms with van der Waals surface area (Å²) >= 11 is 0. The van der Waals surface area contributed by atoms with Crippen molar-refractivity contribution in [3.05, 3.63) is 36.5 Å². The standard InChI is InChI=1S/C81H155NO5/c1-3-5-7-9-11-13-15-17-19-21-23-24-25-29-32-35-38-41-45-49-53-57-61-65-69-73-79(84)78(77-83)82-80(85)74-70-66-62-58-54-50-46-42-39-36-33-30-27-26-28-31-34-37-40-44-48-52-56-60-64-68-72-76-87-81(86)75-71-67-63-59-55-51-47-43-22-20-18-16-14-12-10-8-6-4-2/h26-27,31,34,69,73,78-79,83-84H,3-25,28-30,32-33,35-68,70-72,74-77H2,1-2H3,(H,82,85)/b27-26-,34-31-,73-69+. The largest absolute Gasteiger partial charge is 0.466 e. The monoisotopic (exact) mass is 1220 g/mol. The molecule has 2 atom stereocenters. The van der Waals surface area contributed by atoms with E-state index in [1.54, 1.807) is 6.08 Å². The fraction of sp³-hybridized carbons (Fsp3) is 0.901. The minimum absolute atomic E-state index is 0.0156. The van der Waals surface area contributed by atoms with Crippen LogP contribution in [0.4, 0.5) is 0 Å². The summed E-state index contributed by atoms with van der Waals surface area (Å²) in [7, 11) is 0. The van der Waals surface area contributed by atoms with Gasteiger partial charge in [-0.05, 0) is 64.2 Å². The van der Waals surface area contributed by atoms with E-state index >= 15 is 0 Å². The van der Waals surface area contributed by atoms with Crippen LogP contribution in [0.25, 0.3) is 0 Å². The lowest BCUT2D eigenvalue weighted by Crippen LogP contribution is -2.45. The summed E-state index contributed by atoms with van der Waals surface area (Å²) in [6, 6.07) is -0.632. The second kappa shape index (κ2) is 76.5. The zero-order chi connectivity index (χ0) is 62.8. The molecule has 0 bridgehead atoms. The van der Waals surface area contributed by atoms with Crippen LogP contribution in [0.1, 0.15) is 444 Å². The predicted molar refractivity (Wildman–Crippen MR) is 384 cm³/mol. The second-order valence-electron chi connectivity index (χ2n) is 27.4. The average molecular weight is 1220 g/mol. The summed E-state index contributed by atoms with van der Waals surface area (Å²) < 4.78 is 5.51. The normalized spacial score (nSPS) is 12.6. The van der Waals surface area contributed by atoms with Crippen LogP contribution in [0, 0.1) is 0 Å². The molecule has 3 N–H and O–H groups in total. The summed E-state index contributed by atoms with van der Waals surface area (Å²) in [6.45, 7) is 4.95. The molecule has 0 fully saturated rings. The lowest BCUT2D eigenvalue weighted by atomic mass is 10.0. The molecule has 0 heterocycles. The van der Waals surface area contributed by atoms with Gasteiger partial charge in [-0.1, -0.05) is 403 Å². The minimum atomic E-state index is -0.849. The van der Waals surface area contributed by atoms with Crippen molar-refractivity contribution in [2.24, 2.45) is 0 Å². The van der Waals surface area contributed by atoms with E-state index in [-0.39, 0.29) is 18.5 Å². The molecule has 0 saturated carbocycles. The van der Waals surface area contributed by atoms with Crippen molar-refractivity contribution in [3.63, 3.8) is 0 Å². The Morgan fingerprint density at radius 2 is 0.575 bits per heavy atom. The molecule has 6 nitrogen and oxygen atoms in total. The summed E-state index contributed by atoms with van der Waals surface area (Å²) in [4.78, 5) is 24.7. The molecule has 0 rings (SSSR count). The third-order valence-electron chi connectivity index (χ3n) is 18.7. The number of aliphatic hydroxyl groups excluding tert-OH is 2. The molecule has 0 aliphatic carbocycles. The van der Waals surface area contributed by atoms with Crippen molar-refractivity contribution in [1.29, 1.82) is 0 Å². The maximum Gasteiger partial charge on any atom is 0.305 e. The predicted octanol–water partition coefficient (Wildman–Crippen LogP) is 26.2. The molecule has 6 heteroatoms. The number of carbonyl (C=O) groups excluding carboxylic acids is 2. The summed E-state index contributed by atoms with van der Waals surface area (Å²) in [5, 5.41) is 23.3. The number of nitrogens with one attached hydrogen (secondary N) is 1. The van der Waals surface area contributed by atoms with Crippen molar-refractivity contribution < 1.29 is 24.5 Å². The van der Waals surface area contributed by atoms with Crippen molar-refractivity contribution in [3.8, 4) is 0 Å². The molecule has 0 aromatic heterocycles. The van der Waals surface area contributed by atoms with Crippen LogP contribution >= 0.6 is 0 Å². The number of unbranched alkanes of at least 4 members (excludes halogenated alkanes) is 60. The Morgan fingerprint density at radius 3 is 0.874 bits per heavy atom. The summed E-state index contributed by atoms with van der Waals surface area (Å²) in [5.41, 5.74) is 0. The topological polar surface area (TPSA) is 95.9 Å². The molecule has 514 valence electrons. The molecule has 0 aliphatic rings. The molecule has 87 heavy (non-hydrogen) atoms. The van der Waals surface area contributed by atoms with Crippen LogP contribution in [0.2, 0.25) is 0 Å². The van der Waals surface area contributed by atoms with Gasteiger partial charge in [0.05, 0.1) is 25.4 Å². The van der Waals surface area contributed by atoms with Gasteiger partial charge in [-0.2, -0.15) is 0 Å². The maximum atomic E-state index is 12.6. The van der Waals surface area contributed by atoms with Crippen LogP contribution < -0.4 is 5.32 Å². The highest BCUT2D eigenvalue weighted by atomic mass is 16.5. The maximum absolute atomic E-state index is 12.6. The van der Waals surface area contributed by atoms with Crippen LogP contribution in [-0.2, 0) is 14.3 Å². The van der Waals surface area contributed by atoms with Crippen molar-refractivity contribution in [2.75, 3.05) is 13.2 Å². The number of allylic oxidation sites excluding steroid dienone is 5. The number of aliphatic hydroxyl groups is 2. The van der Waals surface area contributed by atoms with E-state index in [0.717, 1.165) is 44.9 Å². The molecule has 0 saturated heterocycles. The first kappa shape index (κ1) is 85.1. The van der Waals surface area contributed by atoms with Crippen molar-refractivity contribution in [1.82, 2.24) is 5.32 Å². The third kappa shape index (κ3) is 73.0. The van der Waals surface area contributed by atoms with Gasteiger partial charge in [0.15, 0.2) is 0 Å². The quantitative estimate of drug-likeness (QED) is 0.0320. The van der Waals surface area contributed by atoms with E-state index in [0.29, 0.717) is 19.4 Å². The second-order valence-corrected chi connectivity index (χ2v) is 27.4. The van der Waals surface area contributed by atoms with E-state index in [2.05, 4.69) is 43.5 Å². The molecule has 0 aromatic rings. The SMILES string of the molecule is CCCCCCCCCCCCCCCCCCCCCCCCC/C=C/C(O)C(CO)NC(=O)CCCCCCCCCCCCC/C=C\C/C=C\CCCCCCCCCCCOC(=O)CCCCCCCCCCCCCCCCCCCC. The number of amides is 1. The zero-order valence-corrected chi connectivity index (χ0v) is 59.0. The highest BCUT2D eigenvalue weighted by Gasteiger charge is 2.18. The smallest absolute Gasteiger partial charge is 0.305 e. The van der Waals surface area contributed by atoms with E-state index < -0.39 is 12.1 Å². The Labute approximate surface area is 544 Å². The Balaban J connectivity index is 3.42. The Morgan fingerprint density at radius 1 is 0.322 bits per heavy atom. The molecule has 1 amide bonds. The minimum Gasteiger partial charge on any atom is -0.466 e. The fourth-order valence-corrected chi connectivity index (χ4v) is 12.6. The average Bonchev–Trinajstić information content (AvgIpc) is 3.54. The molecular formula is C81H155NO5.